The Morgan fingerprint density at radius 1 is 1.42 bits per heavy atom. The van der Waals surface area contributed by atoms with E-state index in [9.17, 15) is 10.1 Å². The Morgan fingerprint density at radius 3 is 2.74 bits per heavy atom. The lowest BCUT2D eigenvalue weighted by molar-refractivity contribution is 0.0690. The number of nitrogens with zero attached hydrogens (tertiary/aromatic N) is 2. The Hall–Kier alpha value is -2.38. The molecule has 0 spiro atoms. The van der Waals surface area contributed by atoms with Crippen molar-refractivity contribution in [2.24, 2.45) is 0 Å². The van der Waals surface area contributed by atoms with Crippen molar-refractivity contribution in [3.05, 3.63) is 52.3 Å². The van der Waals surface area contributed by atoms with Gasteiger partial charge in [-0.15, -0.1) is 0 Å². The lowest BCUT2D eigenvalue weighted by atomic mass is 9.99. The second kappa shape index (κ2) is 5.09. The summed E-state index contributed by atoms with van der Waals surface area (Å²) >= 11 is 5.92. The van der Waals surface area contributed by atoms with Gasteiger partial charge in [-0.05, 0) is 30.7 Å². The summed E-state index contributed by atoms with van der Waals surface area (Å²) < 4.78 is 0. The zero-order valence-corrected chi connectivity index (χ0v) is 10.8. The molecular formula is C14H9ClN2O2. The van der Waals surface area contributed by atoms with Gasteiger partial charge in [0.2, 0.25) is 0 Å². The van der Waals surface area contributed by atoms with Crippen molar-refractivity contribution in [2.75, 3.05) is 0 Å². The summed E-state index contributed by atoms with van der Waals surface area (Å²) in [5, 5.41) is 18.7. The van der Waals surface area contributed by atoms with E-state index >= 15 is 0 Å². The highest BCUT2D eigenvalue weighted by molar-refractivity contribution is 6.30. The number of aryl methyl sites for hydroxylation is 1. The molecule has 1 heterocycles. The van der Waals surface area contributed by atoms with E-state index in [0.717, 1.165) is 0 Å². The summed E-state index contributed by atoms with van der Waals surface area (Å²) in [7, 11) is 0. The van der Waals surface area contributed by atoms with Crippen molar-refractivity contribution in [1.82, 2.24) is 4.98 Å². The molecule has 1 aromatic heterocycles. The molecule has 0 fully saturated rings. The van der Waals surface area contributed by atoms with Crippen LogP contribution in [0.3, 0.4) is 0 Å². The number of halogens is 1. The molecule has 1 aromatic carbocycles. The number of carboxylic acids is 1. The summed E-state index contributed by atoms with van der Waals surface area (Å²) in [5.41, 5.74) is 1.86. The number of hydrogen-bond acceptors (Lipinski definition) is 3. The average Bonchev–Trinajstić information content (AvgIpc) is 2.37. The molecule has 0 saturated heterocycles. The summed E-state index contributed by atoms with van der Waals surface area (Å²) in [6, 6.07) is 10.3. The Morgan fingerprint density at radius 2 is 2.16 bits per heavy atom. The molecule has 0 aliphatic carbocycles. The van der Waals surface area contributed by atoms with Gasteiger partial charge in [0, 0.05) is 10.6 Å². The van der Waals surface area contributed by atoms with Crippen LogP contribution in [-0.2, 0) is 0 Å². The maximum Gasteiger partial charge on any atom is 0.354 e. The van der Waals surface area contributed by atoms with Crippen molar-refractivity contribution in [3.63, 3.8) is 0 Å². The van der Waals surface area contributed by atoms with Gasteiger partial charge in [0.15, 0.2) is 0 Å². The zero-order chi connectivity index (χ0) is 14.0. The van der Waals surface area contributed by atoms with Crippen LogP contribution < -0.4 is 0 Å². The second-order valence-electron chi connectivity index (χ2n) is 3.94. The number of rotatable bonds is 2. The van der Waals surface area contributed by atoms with Crippen molar-refractivity contribution in [1.29, 1.82) is 5.26 Å². The maximum atomic E-state index is 11.0. The molecule has 0 aliphatic heterocycles. The number of pyridine rings is 1. The van der Waals surface area contributed by atoms with Crippen LogP contribution >= 0.6 is 11.6 Å². The monoisotopic (exact) mass is 272 g/mol. The largest absolute Gasteiger partial charge is 0.477 e. The van der Waals surface area contributed by atoms with Crippen molar-refractivity contribution >= 4 is 17.6 Å². The SMILES string of the molecule is Cc1nc(C(=O)O)cc(-c2cccc(Cl)c2)c1C#N. The van der Waals surface area contributed by atoms with E-state index in [1.807, 2.05) is 6.07 Å². The van der Waals surface area contributed by atoms with Gasteiger partial charge in [-0.2, -0.15) is 5.26 Å². The zero-order valence-electron chi connectivity index (χ0n) is 10.0. The summed E-state index contributed by atoms with van der Waals surface area (Å²) in [4.78, 5) is 14.9. The van der Waals surface area contributed by atoms with Crippen LogP contribution in [0.15, 0.2) is 30.3 Å². The molecule has 2 aromatic rings. The summed E-state index contributed by atoms with van der Waals surface area (Å²) in [6.07, 6.45) is 0. The van der Waals surface area contributed by atoms with Crippen LogP contribution in [-0.4, -0.2) is 16.1 Å². The van der Waals surface area contributed by atoms with E-state index in [4.69, 9.17) is 16.7 Å². The highest BCUT2D eigenvalue weighted by atomic mass is 35.5. The molecule has 1 N–H and O–H groups in total. The third-order valence-electron chi connectivity index (χ3n) is 2.67. The fraction of sp³-hybridized carbons (Fsp3) is 0.0714. The van der Waals surface area contributed by atoms with Gasteiger partial charge in [-0.1, -0.05) is 23.7 Å². The van der Waals surface area contributed by atoms with Gasteiger partial charge in [-0.25, -0.2) is 9.78 Å². The first-order valence-corrected chi connectivity index (χ1v) is 5.81. The second-order valence-corrected chi connectivity index (χ2v) is 4.38. The molecule has 0 amide bonds. The number of carbonyl (C=O) groups is 1. The van der Waals surface area contributed by atoms with E-state index in [1.54, 1.807) is 31.2 Å². The first-order chi connectivity index (χ1) is 9.02. The lowest BCUT2D eigenvalue weighted by Crippen LogP contribution is -2.04. The van der Waals surface area contributed by atoms with Gasteiger partial charge < -0.3 is 5.11 Å². The molecule has 0 unspecified atom stereocenters. The first kappa shape index (κ1) is 13.1. The number of aromatic nitrogens is 1. The van der Waals surface area contributed by atoms with Gasteiger partial charge in [0.1, 0.15) is 11.8 Å². The number of aromatic carboxylic acids is 1. The van der Waals surface area contributed by atoms with E-state index in [1.165, 1.54) is 6.07 Å². The predicted octanol–water partition coefficient (Wildman–Crippen LogP) is 3.28. The molecule has 0 bridgehead atoms. The molecule has 2 rings (SSSR count). The minimum absolute atomic E-state index is 0.0912. The van der Waals surface area contributed by atoms with Crippen LogP contribution in [0.1, 0.15) is 21.7 Å². The van der Waals surface area contributed by atoms with Gasteiger partial charge in [-0.3, -0.25) is 0 Å². The molecule has 0 saturated carbocycles. The van der Waals surface area contributed by atoms with E-state index < -0.39 is 5.97 Å². The molecule has 5 heteroatoms. The third kappa shape index (κ3) is 2.56. The highest BCUT2D eigenvalue weighted by Crippen LogP contribution is 2.27. The van der Waals surface area contributed by atoms with Crippen molar-refractivity contribution in [2.45, 2.75) is 6.92 Å². The Bertz CT molecular complexity index is 705. The van der Waals surface area contributed by atoms with Crippen LogP contribution in [0, 0.1) is 18.3 Å². The Labute approximate surface area is 114 Å². The molecule has 0 aliphatic rings. The topological polar surface area (TPSA) is 74.0 Å². The third-order valence-corrected chi connectivity index (χ3v) is 2.90. The molecule has 0 atom stereocenters. The highest BCUT2D eigenvalue weighted by Gasteiger charge is 2.15. The average molecular weight is 273 g/mol. The Balaban J connectivity index is 2.74. The quantitative estimate of drug-likeness (QED) is 0.910. The van der Waals surface area contributed by atoms with Gasteiger partial charge >= 0.3 is 5.97 Å². The molecule has 19 heavy (non-hydrogen) atoms. The fourth-order valence-electron chi connectivity index (χ4n) is 1.81. The minimum atomic E-state index is -1.13. The number of carboxylic acid groups (broad SMARTS) is 1. The molecule has 0 radical (unpaired) electrons. The fourth-order valence-corrected chi connectivity index (χ4v) is 2.00. The van der Waals surface area contributed by atoms with Crippen molar-refractivity contribution in [3.8, 4) is 17.2 Å². The van der Waals surface area contributed by atoms with Crippen LogP contribution in [0.5, 0.6) is 0 Å². The van der Waals surface area contributed by atoms with Crippen LogP contribution in [0.2, 0.25) is 5.02 Å². The van der Waals surface area contributed by atoms with Crippen molar-refractivity contribution < 1.29 is 9.90 Å². The molecular weight excluding hydrogens is 264 g/mol. The molecule has 94 valence electrons. The summed E-state index contributed by atoms with van der Waals surface area (Å²) in [6.45, 7) is 1.61. The van der Waals surface area contributed by atoms with Gasteiger partial charge in [0.25, 0.3) is 0 Å². The summed E-state index contributed by atoms with van der Waals surface area (Å²) in [5.74, 6) is -1.13. The minimum Gasteiger partial charge on any atom is -0.477 e. The Kier molecular flexibility index (Phi) is 3.50. The number of benzene rings is 1. The van der Waals surface area contributed by atoms with Gasteiger partial charge in [0.05, 0.1) is 11.3 Å². The number of nitriles is 1. The number of hydrogen-bond donors (Lipinski definition) is 1. The molecule has 4 nitrogen and oxygen atoms in total. The standard InChI is InChI=1S/C14H9ClN2O2/c1-8-12(7-16)11(6-13(17-8)14(18)19)9-3-2-4-10(15)5-9/h2-6H,1H3,(H,18,19). The maximum absolute atomic E-state index is 11.0. The predicted molar refractivity (Wildman–Crippen MR) is 71.1 cm³/mol. The van der Waals surface area contributed by atoms with Crippen LogP contribution in [0.4, 0.5) is 0 Å². The normalized spacial score (nSPS) is 9.95. The van der Waals surface area contributed by atoms with Crippen LogP contribution in [0.25, 0.3) is 11.1 Å². The van der Waals surface area contributed by atoms with E-state index in [2.05, 4.69) is 4.98 Å². The lowest BCUT2D eigenvalue weighted by Gasteiger charge is -2.08. The smallest absolute Gasteiger partial charge is 0.354 e. The first-order valence-electron chi connectivity index (χ1n) is 5.44. The van der Waals surface area contributed by atoms with E-state index in [-0.39, 0.29) is 5.69 Å². The van der Waals surface area contributed by atoms with E-state index in [0.29, 0.717) is 27.4 Å².